The highest BCUT2D eigenvalue weighted by Crippen LogP contribution is 2.37. The molecule has 3 heteroatoms. The molecule has 1 atom stereocenters. The molecular weight excluding hydrogens is 236 g/mol. The molecule has 0 bridgehead atoms. The quantitative estimate of drug-likeness (QED) is 0.904. The Morgan fingerprint density at radius 1 is 1.32 bits per heavy atom. The summed E-state index contributed by atoms with van der Waals surface area (Å²) in [4.78, 5) is 14.4. The van der Waals surface area contributed by atoms with E-state index in [0.29, 0.717) is 5.41 Å². The van der Waals surface area contributed by atoms with Crippen LogP contribution in [0.3, 0.4) is 0 Å². The summed E-state index contributed by atoms with van der Waals surface area (Å²) < 4.78 is 0. The molecule has 1 aliphatic rings. The van der Waals surface area contributed by atoms with E-state index >= 15 is 0 Å². The summed E-state index contributed by atoms with van der Waals surface area (Å²) in [7, 11) is 0. The Kier molecular flexibility index (Phi) is 4.25. The number of carbonyl (C=O) groups is 1. The Balaban J connectivity index is 2.06. The van der Waals surface area contributed by atoms with E-state index < -0.39 is 6.04 Å². The third-order valence-corrected chi connectivity index (χ3v) is 4.67. The van der Waals surface area contributed by atoms with Crippen molar-refractivity contribution in [1.82, 2.24) is 4.90 Å². The molecule has 0 aliphatic carbocycles. The second kappa shape index (κ2) is 5.74. The van der Waals surface area contributed by atoms with Crippen molar-refractivity contribution >= 4 is 5.91 Å². The van der Waals surface area contributed by atoms with E-state index in [2.05, 4.69) is 13.8 Å². The van der Waals surface area contributed by atoms with Gasteiger partial charge in [0.1, 0.15) is 6.04 Å². The van der Waals surface area contributed by atoms with Gasteiger partial charge in [0.15, 0.2) is 0 Å². The largest absolute Gasteiger partial charge is 0.340 e. The average Bonchev–Trinajstić information content (AvgIpc) is 2.92. The summed E-state index contributed by atoms with van der Waals surface area (Å²) >= 11 is 0. The highest BCUT2D eigenvalue weighted by Gasteiger charge is 2.38. The smallest absolute Gasteiger partial charge is 0.244 e. The lowest BCUT2D eigenvalue weighted by atomic mass is 9.82. The Morgan fingerprint density at radius 2 is 1.95 bits per heavy atom. The summed E-state index contributed by atoms with van der Waals surface area (Å²) in [6, 6.07) is 9.11. The Hall–Kier alpha value is -1.35. The van der Waals surface area contributed by atoms with Crippen LogP contribution in [-0.2, 0) is 4.79 Å². The van der Waals surface area contributed by atoms with Crippen molar-refractivity contribution in [3.05, 3.63) is 35.9 Å². The molecule has 3 nitrogen and oxygen atoms in total. The van der Waals surface area contributed by atoms with Crippen molar-refractivity contribution in [2.24, 2.45) is 11.1 Å². The lowest BCUT2D eigenvalue weighted by Crippen LogP contribution is -2.38. The number of amides is 1. The molecule has 0 radical (unpaired) electrons. The first-order chi connectivity index (χ1) is 9.12. The molecule has 1 aliphatic heterocycles. The topological polar surface area (TPSA) is 46.3 Å². The van der Waals surface area contributed by atoms with Gasteiger partial charge in [0.2, 0.25) is 5.91 Å². The molecule has 2 N–H and O–H groups in total. The van der Waals surface area contributed by atoms with Crippen LogP contribution in [0.15, 0.2) is 30.3 Å². The minimum absolute atomic E-state index is 0.0648. The fraction of sp³-hybridized carbons (Fsp3) is 0.562. The van der Waals surface area contributed by atoms with Crippen LogP contribution in [0, 0.1) is 5.41 Å². The summed E-state index contributed by atoms with van der Waals surface area (Å²) in [5.74, 6) is 0.0648. The van der Waals surface area contributed by atoms with E-state index in [1.54, 1.807) is 0 Å². The lowest BCUT2D eigenvalue weighted by molar-refractivity contribution is -0.132. The number of nitrogens with zero attached hydrogens (tertiary/aromatic N) is 1. The van der Waals surface area contributed by atoms with Crippen molar-refractivity contribution in [2.45, 2.75) is 39.2 Å². The van der Waals surface area contributed by atoms with Gasteiger partial charge in [-0.3, -0.25) is 4.79 Å². The molecule has 1 aromatic rings. The maximum absolute atomic E-state index is 12.5. The standard InChI is InChI=1S/C16H24N2O/c1-3-16(4-2)10-11-18(12-16)15(19)14(17)13-8-6-5-7-9-13/h5-9,14H,3-4,10-12,17H2,1-2H3/t14-/m1/s1. The van der Waals surface area contributed by atoms with E-state index in [9.17, 15) is 4.79 Å². The molecular formula is C16H24N2O. The van der Waals surface area contributed by atoms with Gasteiger partial charge in [0.25, 0.3) is 0 Å². The zero-order chi connectivity index (χ0) is 13.9. The second-order valence-corrected chi connectivity index (χ2v) is 5.61. The second-order valence-electron chi connectivity index (χ2n) is 5.61. The van der Waals surface area contributed by atoms with Crippen molar-refractivity contribution in [3.8, 4) is 0 Å². The van der Waals surface area contributed by atoms with Gasteiger partial charge >= 0.3 is 0 Å². The first-order valence-corrected chi connectivity index (χ1v) is 7.21. The maximum atomic E-state index is 12.5. The minimum atomic E-state index is -0.522. The first kappa shape index (κ1) is 14.1. The van der Waals surface area contributed by atoms with E-state index in [1.807, 2.05) is 35.2 Å². The number of rotatable bonds is 4. The third kappa shape index (κ3) is 2.81. The number of hydrogen-bond donors (Lipinski definition) is 1. The SMILES string of the molecule is CCC1(CC)CCN(C(=O)[C@H](N)c2ccccc2)C1. The maximum Gasteiger partial charge on any atom is 0.244 e. The van der Waals surface area contributed by atoms with Gasteiger partial charge < -0.3 is 10.6 Å². The van der Waals surface area contributed by atoms with Crippen LogP contribution in [0.2, 0.25) is 0 Å². The zero-order valence-electron chi connectivity index (χ0n) is 11.9. The Bertz CT molecular complexity index is 426. The van der Waals surface area contributed by atoms with Gasteiger partial charge in [0, 0.05) is 13.1 Å². The van der Waals surface area contributed by atoms with E-state index in [1.165, 1.54) is 0 Å². The molecule has 1 saturated heterocycles. The van der Waals surface area contributed by atoms with Crippen molar-refractivity contribution in [2.75, 3.05) is 13.1 Å². The Morgan fingerprint density at radius 3 is 2.47 bits per heavy atom. The minimum Gasteiger partial charge on any atom is -0.340 e. The zero-order valence-corrected chi connectivity index (χ0v) is 11.9. The lowest BCUT2D eigenvalue weighted by Gasteiger charge is -2.27. The van der Waals surface area contributed by atoms with E-state index in [4.69, 9.17) is 5.73 Å². The van der Waals surface area contributed by atoms with Gasteiger partial charge in [-0.1, -0.05) is 44.2 Å². The van der Waals surface area contributed by atoms with Crippen LogP contribution in [0.1, 0.15) is 44.7 Å². The molecule has 0 aromatic heterocycles. The monoisotopic (exact) mass is 260 g/mol. The summed E-state index contributed by atoms with van der Waals surface area (Å²) in [6.07, 6.45) is 3.37. The first-order valence-electron chi connectivity index (χ1n) is 7.21. The molecule has 19 heavy (non-hydrogen) atoms. The van der Waals surface area contributed by atoms with Crippen LogP contribution in [0.5, 0.6) is 0 Å². The van der Waals surface area contributed by atoms with Gasteiger partial charge in [-0.15, -0.1) is 0 Å². The highest BCUT2D eigenvalue weighted by atomic mass is 16.2. The van der Waals surface area contributed by atoms with Crippen molar-refractivity contribution in [3.63, 3.8) is 0 Å². The van der Waals surface area contributed by atoms with Crippen LogP contribution in [-0.4, -0.2) is 23.9 Å². The van der Waals surface area contributed by atoms with E-state index in [0.717, 1.165) is 37.9 Å². The highest BCUT2D eigenvalue weighted by molar-refractivity contribution is 5.83. The molecule has 1 aromatic carbocycles. The Labute approximate surface area is 115 Å². The molecule has 104 valence electrons. The predicted molar refractivity (Wildman–Crippen MR) is 77.6 cm³/mol. The summed E-state index contributed by atoms with van der Waals surface area (Å²) in [5, 5.41) is 0. The molecule has 2 rings (SSSR count). The summed E-state index contributed by atoms with van der Waals surface area (Å²) in [5.41, 5.74) is 7.31. The number of likely N-dealkylation sites (tertiary alicyclic amines) is 1. The van der Waals surface area contributed by atoms with Crippen LogP contribution < -0.4 is 5.73 Å². The summed E-state index contributed by atoms with van der Waals surface area (Å²) in [6.45, 7) is 6.14. The van der Waals surface area contributed by atoms with Gasteiger partial charge in [-0.05, 0) is 30.2 Å². The average molecular weight is 260 g/mol. The predicted octanol–water partition coefficient (Wildman–Crippen LogP) is 2.73. The molecule has 0 unspecified atom stereocenters. The van der Waals surface area contributed by atoms with Gasteiger partial charge in [0.05, 0.1) is 0 Å². The number of nitrogens with two attached hydrogens (primary N) is 1. The molecule has 1 amide bonds. The molecule has 0 saturated carbocycles. The van der Waals surface area contributed by atoms with Crippen LogP contribution in [0.4, 0.5) is 0 Å². The molecule has 1 fully saturated rings. The van der Waals surface area contributed by atoms with Gasteiger partial charge in [-0.2, -0.15) is 0 Å². The van der Waals surface area contributed by atoms with Gasteiger partial charge in [-0.25, -0.2) is 0 Å². The fourth-order valence-corrected chi connectivity index (χ4v) is 2.95. The van der Waals surface area contributed by atoms with Crippen molar-refractivity contribution < 1.29 is 4.79 Å². The van der Waals surface area contributed by atoms with Crippen LogP contribution >= 0.6 is 0 Å². The normalized spacial score (nSPS) is 19.4. The molecule has 1 heterocycles. The van der Waals surface area contributed by atoms with E-state index in [-0.39, 0.29) is 5.91 Å². The number of benzene rings is 1. The number of hydrogen-bond acceptors (Lipinski definition) is 2. The van der Waals surface area contributed by atoms with Crippen molar-refractivity contribution in [1.29, 1.82) is 0 Å². The van der Waals surface area contributed by atoms with Crippen LogP contribution in [0.25, 0.3) is 0 Å². The molecule has 0 spiro atoms. The third-order valence-electron chi connectivity index (χ3n) is 4.67. The number of carbonyl (C=O) groups excluding carboxylic acids is 1. The fourth-order valence-electron chi connectivity index (χ4n) is 2.95.